The van der Waals surface area contributed by atoms with E-state index in [4.69, 9.17) is 4.42 Å². The van der Waals surface area contributed by atoms with Crippen molar-refractivity contribution in [2.45, 2.75) is 32.6 Å². The number of ether oxygens (including phenoxy) is 2. The highest BCUT2D eigenvalue weighted by Crippen LogP contribution is 2.23. The summed E-state index contributed by atoms with van der Waals surface area (Å²) < 4.78 is 14.4. The molecular weight excluding hydrogens is 238 g/mol. The Bertz CT molecular complexity index is 404. The second-order valence-electron chi connectivity index (χ2n) is 3.90. The van der Waals surface area contributed by atoms with Crippen molar-refractivity contribution in [1.82, 2.24) is 4.98 Å². The molecule has 1 unspecified atom stereocenters. The third-order valence-corrected chi connectivity index (χ3v) is 2.54. The minimum Gasteiger partial charge on any atom is -0.464 e. The van der Waals surface area contributed by atoms with E-state index in [0.717, 1.165) is 12.8 Å². The number of hydrogen-bond acceptors (Lipinski definition) is 6. The van der Waals surface area contributed by atoms with Gasteiger partial charge in [-0.15, -0.1) is 0 Å². The highest BCUT2D eigenvalue weighted by molar-refractivity contribution is 5.99. The van der Waals surface area contributed by atoms with Crippen molar-refractivity contribution in [3.05, 3.63) is 17.3 Å². The van der Waals surface area contributed by atoms with Crippen LogP contribution in [-0.2, 0) is 9.47 Å². The van der Waals surface area contributed by atoms with Gasteiger partial charge in [-0.2, -0.15) is 0 Å². The average Bonchev–Trinajstić information content (AvgIpc) is 2.82. The average molecular weight is 255 g/mol. The lowest BCUT2D eigenvalue weighted by molar-refractivity contribution is 0.0525. The fraction of sp³-hybridized carbons (Fsp3) is 0.583. The second kappa shape index (κ2) is 6.18. The van der Waals surface area contributed by atoms with Gasteiger partial charge in [-0.25, -0.2) is 14.6 Å². The molecular formula is C12H17NO5. The van der Waals surface area contributed by atoms with Crippen molar-refractivity contribution in [2.75, 3.05) is 14.2 Å². The van der Waals surface area contributed by atoms with Crippen LogP contribution < -0.4 is 0 Å². The first-order valence-electron chi connectivity index (χ1n) is 5.72. The molecule has 0 spiro atoms. The molecule has 0 aromatic carbocycles. The second-order valence-corrected chi connectivity index (χ2v) is 3.90. The van der Waals surface area contributed by atoms with Crippen LogP contribution >= 0.6 is 0 Å². The number of aromatic nitrogens is 1. The molecule has 0 saturated carbocycles. The molecule has 0 amide bonds. The van der Waals surface area contributed by atoms with Crippen LogP contribution in [0.4, 0.5) is 0 Å². The van der Waals surface area contributed by atoms with Crippen molar-refractivity contribution in [2.24, 2.45) is 0 Å². The summed E-state index contributed by atoms with van der Waals surface area (Å²) in [7, 11) is 2.42. The monoisotopic (exact) mass is 255 g/mol. The number of esters is 2. The number of nitrogens with zero attached hydrogens (tertiary/aromatic N) is 1. The van der Waals surface area contributed by atoms with Crippen molar-refractivity contribution in [1.29, 1.82) is 0 Å². The third-order valence-electron chi connectivity index (χ3n) is 2.54. The Hall–Kier alpha value is -1.85. The molecule has 100 valence electrons. The largest absolute Gasteiger partial charge is 0.464 e. The van der Waals surface area contributed by atoms with Crippen molar-refractivity contribution in [3.8, 4) is 0 Å². The SMILES string of the molecule is CCCC(C)c1nc(C(=O)OC)c(C(=O)OC)o1. The van der Waals surface area contributed by atoms with Gasteiger partial charge in [-0.05, 0) is 6.42 Å². The van der Waals surface area contributed by atoms with Crippen LogP contribution in [0.3, 0.4) is 0 Å². The van der Waals surface area contributed by atoms with Crippen LogP contribution in [-0.4, -0.2) is 31.1 Å². The number of carbonyl (C=O) groups excluding carboxylic acids is 2. The van der Waals surface area contributed by atoms with Crippen LogP contribution in [0.15, 0.2) is 4.42 Å². The fourth-order valence-electron chi connectivity index (χ4n) is 1.57. The van der Waals surface area contributed by atoms with Crippen molar-refractivity contribution >= 4 is 11.9 Å². The summed E-state index contributed by atoms with van der Waals surface area (Å²) >= 11 is 0. The first-order chi connectivity index (χ1) is 8.54. The molecule has 1 heterocycles. The molecule has 0 N–H and O–H groups in total. The molecule has 18 heavy (non-hydrogen) atoms. The zero-order valence-electron chi connectivity index (χ0n) is 11.0. The summed E-state index contributed by atoms with van der Waals surface area (Å²) in [6, 6.07) is 0. The Morgan fingerprint density at radius 2 is 1.89 bits per heavy atom. The minimum absolute atomic E-state index is 0.0248. The lowest BCUT2D eigenvalue weighted by Gasteiger charge is -2.03. The standard InChI is InChI=1S/C12H17NO5/c1-5-6-7(2)10-13-8(11(14)16-3)9(18-10)12(15)17-4/h7H,5-6H2,1-4H3. The molecule has 0 aliphatic heterocycles. The number of rotatable bonds is 5. The van der Waals surface area contributed by atoms with Gasteiger partial charge in [-0.1, -0.05) is 20.3 Å². The van der Waals surface area contributed by atoms with E-state index in [0.29, 0.717) is 5.89 Å². The van der Waals surface area contributed by atoms with Crippen molar-refractivity contribution < 1.29 is 23.5 Å². The Labute approximate surface area is 105 Å². The zero-order valence-corrected chi connectivity index (χ0v) is 11.0. The maximum Gasteiger partial charge on any atom is 0.376 e. The van der Waals surface area contributed by atoms with E-state index in [1.54, 1.807) is 0 Å². The van der Waals surface area contributed by atoms with Gasteiger partial charge in [0, 0.05) is 5.92 Å². The molecule has 6 nitrogen and oxygen atoms in total. The van der Waals surface area contributed by atoms with Gasteiger partial charge in [0.2, 0.25) is 11.5 Å². The summed E-state index contributed by atoms with van der Waals surface area (Å²) in [5, 5.41) is 0. The molecule has 6 heteroatoms. The number of carbonyl (C=O) groups is 2. The van der Waals surface area contributed by atoms with Crippen LogP contribution in [0, 0.1) is 0 Å². The quantitative estimate of drug-likeness (QED) is 0.750. The van der Waals surface area contributed by atoms with Gasteiger partial charge >= 0.3 is 11.9 Å². The van der Waals surface area contributed by atoms with E-state index in [1.165, 1.54) is 14.2 Å². The van der Waals surface area contributed by atoms with Gasteiger partial charge in [0.15, 0.2) is 5.89 Å². The fourth-order valence-corrected chi connectivity index (χ4v) is 1.57. The number of hydrogen-bond donors (Lipinski definition) is 0. The molecule has 0 bridgehead atoms. The van der Waals surface area contributed by atoms with E-state index in [9.17, 15) is 9.59 Å². The zero-order chi connectivity index (χ0) is 13.7. The Morgan fingerprint density at radius 3 is 2.39 bits per heavy atom. The van der Waals surface area contributed by atoms with E-state index in [-0.39, 0.29) is 17.4 Å². The maximum atomic E-state index is 11.5. The lowest BCUT2D eigenvalue weighted by atomic mass is 10.1. The van der Waals surface area contributed by atoms with Crippen LogP contribution in [0.5, 0.6) is 0 Å². The van der Waals surface area contributed by atoms with E-state index < -0.39 is 11.9 Å². The smallest absolute Gasteiger partial charge is 0.376 e. The van der Waals surface area contributed by atoms with Crippen LogP contribution in [0.1, 0.15) is 59.5 Å². The predicted octanol–water partition coefficient (Wildman–Crippen LogP) is 2.15. The summed E-state index contributed by atoms with van der Waals surface area (Å²) in [5.41, 5.74) is -0.137. The Balaban J connectivity index is 3.14. The van der Waals surface area contributed by atoms with Crippen LogP contribution in [0.2, 0.25) is 0 Å². The molecule has 0 radical (unpaired) electrons. The van der Waals surface area contributed by atoms with Gasteiger partial charge in [0.05, 0.1) is 14.2 Å². The van der Waals surface area contributed by atoms with Gasteiger partial charge < -0.3 is 13.9 Å². The molecule has 0 saturated heterocycles. The normalized spacial score (nSPS) is 12.0. The van der Waals surface area contributed by atoms with E-state index >= 15 is 0 Å². The van der Waals surface area contributed by atoms with Gasteiger partial charge in [0.25, 0.3) is 0 Å². The molecule has 1 atom stereocenters. The van der Waals surface area contributed by atoms with Crippen molar-refractivity contribution in [3.63, 3.8) is 0 Å². The first-order valence-corrected chi connectivity index (χ1v) is 5.72. The molecule has 1 aromatic heterocycles. The van der Waals surface area contributed by atoms with Gasteiger partial charge in [-0.3, -0.25) is 0 Å². The maximum absolute atomic E-state index is 11.5. The molecule has 0 aliphatic rings. The molecule has 1 aromatic rings. The highest BCUT2D eigenvalue weighted by atomic mass is 16.5. The minimum atomic E-state index is -0.738. The van der Waals surface area contributed by atoms with Crippen LogP contribution in [0.25, 0.3) is 0 Å². The topological polar surface area (TPSA) is 78.6 Å². The number of methoxy groups -OCH3 is 2. The summed E-state index contributed by atoms with van der Waals surface area (Å²) in [5.74, 6) is -1.29. The lowest BCUT2D eigenvalue weighted by Crippen LogP contribution is -2.10. The van der Waals surface area contributed by atoms with E-state index in [2.05, 4.69) is 14.5 Å². The first kappa shape index (κ1) is 14.2. The molecule has 0 fully saturated rings. The summed E-state index contributed by atoms with van der Waals surface area (Å²) in [4.78, 5) is 27.0. The summed E-state index contributed by atoms with van der Waals surface area (Å²) in [6.07, 6.45) is 1.80. The highest BCUT2D eigenvalue weighted by Gasteiger charge is 2.28. The molecule has 1 rings (SSSR count). The third kappa shape index (κ3) is 2.88. The van der Waals surface area contributed by atoms with Gasteiger partial charge in [0.1, 0.15) is 0 Å². The Kier molecular flexibility index (Phi) is 4.88. The predicted molar refractivity (Wildman–Crippen MR) is 62.5 cm³/mol. The van der Waals surface area contributed by atoms with E-state index in [1.807, 2.05) is 13.8 Å². The Morgan fingerprint density at radius 1 is 1.28 bits per heavy atom. The number of oxazole rings is 1. The molecule has 0 aliphatic carbocycles. The summed E-state index contributed by atoms with van der Waals surface area (Å²) in [6.45, 7) is 3.94.